The summed E-state index contributed by atoms with van der Waals surface area (Å²) in [4.78, 5) is 13.9. The molecule has 0 radical (unpaired) electrons. The average molecular weight is 547 g/mol. The Hall–Kier alpha value is -2.35. The minimum Gasteiger partial charge on any atom is -0.483 e. The van der Waals surface area contributed by atoms with Crippen molar-refractivity contribution in [3.8, 4) is 11.8 Å². The van der Waals surface area contributed by atoms with Gasteiger partial charge >= 0.3 is 0 Å². The Morgan fingerprint density at radius 2 is 2.18 bits per heavy atom. The van der Waals surface area contributed by atoms with Gasteiger partial charge in [-0.15, -0.1) is 21.5 Å². The minimum atomic E-state index is -0.301. The summed E-state index contributed by atoms with van der Waals surface area (Å²) >= 11 is 6.26. The molecule has 0 spiro atoms. The Balaban J connectivity index is 1.37. The topological polar surface area (TPSA) is 92.8 Å². The number of thiophene rings is 1. The predicted octanol–water partition coefficient (Wildman–Crippen LogP) is 5.51. The molecule has 0 bridgehead atoms. The highest BCUT2D eigenvalue weighted by Gasteiger charge is 2.25. The number of hydrogen-bond donors (Lipinski definition) is 1. The second kappa shape index (κ2) is 10.3. The van der Waals surface area contributed by atoms with Crippen LogP contribution >= 0.6 is 39.0 Å². The fraction of sp³-hybridized carbons (Fsp3) is 0.391. The van der Waals surface area contributed by atoms with E-state index in [1.165, 1.54) is 28.0 Å². The van der Waals surface area contributed by atoms with Gasteiger partial charge in [0.05, 0.1) is 11.3 Å². The number of fused-ring (bicyclic) bond motifs is 1. The molecule has 2 atom stereocenters. The molecule has 0 saturated carbocycles. The standard InChI is InChI=1S/C23H24BrN5O2S2/c1-13-4-9-17-18(11-25)22(33-19(17)10-13)26-20(30)12-32-23-28-27-21(29(23)3)14(2)31-16-7-5-15(24)6-8-16/h5-8,13-14H,4,9-10,12H2,1-3H3,(H,26,30). The zero-order chi connectivity index (χ0) is 23.5. The summed E-state index contributed by atoms with van der Waals surface area (Å²) in [6, 6.07) is 9.90. The van der Waals surface area contributed by atoms with Crippen LogP contribution in [0, 0.1) is 17.2 Å². The van der Waals surface area contributed by atoms with Crippen molar-refractivity contribution in [1.29, 1.82) is 5.26 Å². The number of nitrogens with one attached hydrogen (secondary N) is 1. The number of anilines is 1. The summed E-state index contributed by atoms with van der Waals surface area (Å²) in [6.45, 7) is 4.14. The number of nitriles is 1. The van der Waals surface area contributed by atoms with Crippen LogP contribution in [0.2, 0.25) is 0 Å². The smallest absolute Gasteiger partial charge is 0.235 e. The van der Waals surface area contributed by atoms with Gasteiger partial charge in [-0.25, -0.2) is 0 Å². The third kappa shape index (κ3) is 5.42. The van der Waals surface area contributed by atoms with Crippen molar-refractivity contribution in [2.45, 2.75) is 44.4 Å². The molecule has 7 nitrogen and oxygen atoms in total. The van der Waals surface area contributed by atoms with Crippen molar-refractivity contribution in [3.63, 3.8) is 0 Å². The number of carbonyl (C=O) groups is 1. The monoisotopic (exact) mass is 545 g/mol. The van der Waals surface area contributed by atoms with Gasteiger partial charge in [0.2, 0.25) is 5.91 Å². The van der Waals surface area contributed by atoms with Crippen LogP contribution in [0.15, 0.2) is 33.9 Å². The van der Waals surface area contributed by atoms with Crippen molar-refractivity contribution in [1.82, 2.24) is 14.8 Å². The second-order valence-corrected chi connectivity index (χ2v) is 11.1. The molecular formula is C23H24BrN5O2S2. The molecule has 0 aliphatic heterocycles. The van der Waals surface area contributed by atoms with Crippen molar-refractivity contribution in [2.24, 2.45) is 13.0 Å². The molecule has 1 N–H and O–H groups in total. The van der Waals surface area contributed by atoms with E-state index in [1.54, 1.807) is 0 Å². The van der Waals surface area contributed by atoms with E-state index in [1.807, 2.05) is 42.8 Å². The number of amides is 1. The normalized spacial score (nSPS) is 16.0. The third-order valence-electron chi connectivity index (χ3n) is 5.57. The molecule has 172 valence electrons. The maximum Gasteiger partial charge on any atom is 0.235 e. The Kier molecular flexibility index (Phi) is 7.41. The number of nitrogens with zero attached hydrogens (tertiary/aromatic N) is 4. The van der Waals surface area contributed by atoms with E-state index in [9.17, 15) is 10.1 Å². The van der Waals surface area contributed by atoms with Crippen molar-refractivity contribution in [3.05, 3.63) is 50.6 Å². The summed E-state index contributed by atoms with van der Waals surface area (Å²) in [6.07, 6.45) is 2.66. The molecule has 2 aromatic heterocycles. The van der Waals surface area contributed by atoms with Crippen molar-refractivity contribution in [2.75, 3.05) is 11.1 Å². The number of carbonyl (C=O) groups excluding carboxylic acids is 1. The zero-order valence-corrected chi connectivity index (χ0v) is 21.8. The fourth-order valence-corrected chi connectivity index (χ4v) is 6.19. The summed E-state index contributed by atoms with van der Waals surface area (Å²) in [5.41, 5.74) is 1.74. The first-order valence-corrected chi connectivity index (χ1v) is 13.2. The quantitative estimate of drug-likeness (QED) is 0.393. The number of ether oxygens (including phenoxy) is 1. The maximum absolute atomic E-state index is 12.6. The predicted molar refractivity (Wildman–Crippen MR) is 134 cm³/mol. The number of aromatic nitrogens is 3. The molecule has 1 amide bonds. The number of rotatable bonds is 7. The van der Waals surface area contributed by atoms with Gasteiger partial charge in [0, 0.05) is 16.4 Å². The molecule has 10 heteroatoms. The average Bonchev–Trinajstić information content (AvgIpc) is 3.32. The SMILES string of the molecule is CC1CCc2c(sc(NC(=O)CSc3nnc(C(C)Oc4ccc(Br)cc4)n3C)c2C#N)C1. The van der Waals surface area contributed by atoms with Gasteiger partial charge in [0.25, 0.3) is 0 Å². The first-order valence-electron chi connectivity index (χ1n) is 10.6. The number of hydrogen-bond acceptors (Lipinski definition) is 7. The zero-order valence-electron chi connectivity index (χ0n) is 18.6. The lowest BCUT2D eigenvalue weighted by atomic mass is 9.89. The van der Waals surface area contributed by atoms with Gasteiger partial charge in [-0.1, -0.05) is 34.6 Å². The lowest BCUT2D eigenvalue weighted by Crippen LogP contribution is -2.15. The molecule has 1 aliphatic carbocycles. The molecule has 1 aromatic carbocycles. The van der Waals surface area contributed by atoms with Gasteiger partial charge in [-0.2, -0.15) is 5.26 Å². The number of halogens is 1. The Morgan fingerprint density at radius 1 is 1.42 bits per heavy atom. The van der Waals surface area contributed by atoms with Crippen molar-refractivity contribution >= 4 is 49.9 Å². The molecule has 33 heavy (non-hydrogen) atoms. The van der Waals surface area contributed by atoms with E-state index in [2.05, 4.69) is 44.4 Å². The number of benzene rings is 1. The van der Waals surface area contributed by atoms with E-state index >= 15 is 0 Å². The highest BCUT2D eigenvalue weighted by Crippen LogP contribution is 2.39. The van der Waals surface area contributed by atoms with Gasteiger partial charge in [-0.3, -0.25) is 4.79 Å². The van der Waals surface area contributed by atoms with Crippen LogP contribution in [0.25, 0.3) is 0 Å². The maximum atomic E-state index is 12.6. The van der Waals surface area contributed by atoms with E-state index in [0.717, 1.165) is 35.0 Å². The van der Waals surface area contributed by atoms with Gasteiger partial charge in [0.1, 0.15) is 16.8 Å². The van der Waals surface area contributed by atoms with Gasteiger partial charge in [-0.05, 0) is 61.9 Å². The van der Waals surface area contributed by atoms with Crippen LogP contribution in [0.3, 0.4) is 0 Å². The van der Waals surface area contributed by atoms with Crippen LogP contribution in [-0.4, -0.2) is 26.4 Å². The first kappa shape index (κ1) is 23.8. The van der Waals surface area contributed by atoms with Crippen LogP contribution in [0.4, 0.5) is 5.00 Å². The highest BCUT2D eigenvalue weighted by atomic mass is 79.9. The number of thioether (sulfide) groups is 1. The van der Waals surface area contributed by atoms with E-state index < -0.39 is 0 Å². The molecule has 0 fully saturated rings. The molecule has 4 rings (SSSR count). The molecule has 3 aromatic rings. The largest absolute Gasteiger partial charge is 0.483 e. The Labute approximate surface area is 209 Å². The minimum absolute atomic E-state index is 0.160. The van der Waals surface area contributed by atoms with Crippen LogP contribution < -0.4 is 10.1 Å². The van der Waals surface area contributed by atoms with E-state index in [0.29, 0.717) is 27.5 Å². The van der Waals surface area contributed by atoms with Gasteiger partial charge < -0.3 is 14.6 Å². The summed E-state index contributed by atoms with van der Waals surface area (Å²) in [5, 5.41) is 22.3. The summed E-state index contributed by atoms with van der Waals surface area (Å²) in [7, 11) is 1.86. The molecule has 1 aliphatic rings. The van der Waals surface area contributed by atoms with Crippen LogP contribution in [-0.2, 0) is 24.7 Å². The van der Waals surface area contributed by atoms with Crippen LogP contribution in [0.5, 0.6) is 5.75 Å². The molecule has 2 heterocycles. The lowest BCUT2D eigenvalue weighted by Gasteiger charge is -2.17. The molecule has 2 unspecified atom stereocenters. The third-order valence-corrected chi connectivity index (χ3v) is 8.29. The summed E-state index contributed by atoms with van der Waals surface area (Å²) in [5.74, 6) is 2.04. The summed E-state index contributed by atoms with van der Waals surface area (Å²) < 4.78 is 8.79. The van der Waals surface area contributed by atoms with Crippen LogP contribution in [0.1, 0.15) is 48.2 Å². The van der Waals surface area contributed by atoms with E-state index in [4.69, 9.17) is 4.74 Å². The van der Waals surface area contributed by atoms with Gasteiger partial charge in [0.15, 0.2) is 17.1 Å². The second-order valence-electron chi connectivity index (χ2n) is 8.12. The molecule has 0 saturated heterocycles. The Bertz CT molecular complexity index is 1200. The van der Waals surface area contributed by atoms with Crippen molar-refractivity contribution < 1.29 is 9.53 Å². The first-order chi connectivity index (χ1) is 15.9. The highest BCUT2D eigenvalue weighted by molar-refractivity contribution is 9.10. The molecular weight excluding hydrogens is 522 g/mol. The lowest BCUT2D eigenvalue weighted by molar-refractivity contribution is -0.113. The van der Waals surface area contributed by atoms with E-state index in [-0.39, 0.29) is 17.8 Å². The fourth-order valence-electron chi connectivity index (χ4n) is 3.83. The Morgan fingerprint density at radius 3 is 2.91 bits per heavy atom.